The van der Waals surface area contributed by atoms with E-state index in [0.717, 1.165) is 39.7 Å². The molecule has 0 aliphatic rings. The molecule has 0 radical (unpaired) electrons. The number of hydrogen-bond donors (Lipinski definition) is 2. The predicted octanol–water partition coefficient (Wildman–Crippen LogP) is 11.6. The molecule has 0 atom stereocenters. The quantitative estimate of drug-likeness (QED) is 0.116. The summed E-state index contributed by atoms with van der Waals surface area (Å²) >= 11 is 0. The van der Waals surface area contributed by atoms with Gasteiger partial charge in [-0.05, 0) is 101 Å². The summed E-state index contributed by atoms with van der Waals surface area (Å²) in [6.07, 6.45) is 0. The molecule has 2 N–H and O–H groups in total. The number of aromatic carboxylic acids is 1. The van der Waals surface area contributed by atoms with Crippen molar-refractivity contribution in [2.45, 2.75) is 132 Å². The van der Waals surface area contributed by atoms with Gasteiger partial charge in [0.05, 0.1) is 40.2 Å². The zero-order chi connectivity index (χ0) is 39.9. The molecule has 0 fully saturated rings. The predicted molar refractivity (Wildman–Crippen MR) is 219 cm³/mol. The van der Waals surface area contributed by atoms with Crippen LogP contribution in [-0.2, 0) is 16.8 Å². The zero-order valence-electron chi connectivity index (χ0n) is 34.6. The fraction of sp³-hybridized carbons (Fsp3) is 0.435. The summed E-state index contributed by atoms with van der Waals surface area (Å²) < 4.78 is 0. The Morgan fingerprint density at radius 1 is 0.574 bits per heavy atom. The average Bonchev–Trinajstić information content (AvgIpc) is 3.08. The molecule has 0 saturated carbocycles. The van der Waals surface area contributed by atoms with Crippen LogP contribution in [0.2, 0.25) is 0 Å². The SMILES string of the molecule is CC(=Nc1c(C(C)C)cccc1C(C)C)c1cccc(C(C)=Nc2c(C(C)C)cccc2C(C)C)n1.CC(C)c1cc(O)c(O)c(C(=O)[O-])c1C(C)C.[Co+]. The monoisotopic (exact) mass is 777 g/mol. The number of carbonyl (C=O) groups excluding carboxylic acids is 1. The molecule has 0 unspecified atom stereocenters. The summed E-state index contributed by atoms with van der Waals surface area (Å²) in [5.41, 5.74) is 11.8. The van der Waals surface area contributed by atoms with Gasteiger partial charge in [0, 0.05) is 5.56 Å². The van der Waals surface area contributed by atoms with Crippen molar-refractivity contribution in [3.63, 3.8) is 0 Å². The van der Waals surface area contributed by atoms with E-state index in [0.29, 0.717) is 29.2 Å². The van der Waals surface area contributed by atoms with Gasteiger partial charge >= 0.3 is 16.8 Å². The largest absolute Gasteiger partial charge is 1.00 e. The van der Waals surface area contributed by atoms with E-state index in [1.807, 2.05) is 39.8 Å². The van der Waals surface area contributed by atoms with Gasteiger partial charge in [-0.25, -0.2) is 4.98 Å². The van der Waals surface area contributed by atoms with Gasteiger partial charge in [0.25, 0.3) is 0 Å². The number of benzene rings is 3. The Kier molecular flexibility index (Phi) is 16.9. The molecule has 7 nitrogen and oxygen atoms in total. The van der Waals surface area contributed by atoms with Crippen molar-refractivity contribution < 1.29 is 36.9 Å². The smallest absolute Gasteiger partial charge is 0.545 e. The molecule has 0 saturated heterocycles. The van der Waals surface area contributed by atoms with Gasteiger partial charge in [-0.2, -0.15) is 0 Å². The third kappa shape index (κ3) is 10.9. The molecule has 54 heavy (non-hydrogen) atoms. The Morgan fingerprint density at radius 3 is 1.20 bits per heavy atom. The number of para-hydroxylation sites is 2. The number of phenols is 2. The van der Waals surface area contributed by atoms with Gasteiger partial charge in [-0.1, -0.05) is 126 Å². The molecule has 1 aromatic heterocycles. The first-order valence-electron chi connectivity index (χ1n) is 18.9. The van der Waals surface area contributed by atoms with Crippen molar-refractivity contribution in [3.8, 4) is 11.5 Å². The minimum Gasteiger partial charge on any atom is -0.545 e. The van der Waals surface area contributed by atoms with Gasteiger partial charge < -0.3 is 20.1 Å². The fourth-order valence-electron chi connectivity index (χ4n) is 6.57. The minimum absolute atomic E-state index is 0. The van der Waals surface area contributed by atoms with Crippen LogP contribution in [-0.4, -0.2) is 32.6 Å². The van der Waals surface area contributed by atoms with Gasteiger partial charge in [-0.3, -0.25) is 9.98 Å². The minimum atomic E-state index is -1.47. The summed E-state index contributed by atoms with van der Waals surface area (Å²) in [6.45, 7) is 29.4. The summed E-state index contributed by atoms with van der Waals surface area (Å²) in [5, 5.41) is 30.3. The van der Waals surface area contributed by atoms with Gasteiger partial charge in [0.15, 0.2) is 11.5 Å². The van der Waals surface area contributed by atoms with Crippen LogP contribution >= 0.6 is 0 Å². The van der Waals surface area contributed by atoms with Crippen LogP contribution in [0, 0.1) is 0 Å². The first kappa shape index (κ1) is 45.9. The Bertz CT molecular complexity index is 1830. The Labute approximate surface area is 334 Å². The summed E-state index contributed by atoms with van der Waals surface area (Å²) in [4.78, 5) is 26.4. The number of phenolic OH excluding ortho intramolecular Hbond substituents is 1. The molecule has 0 amide bonds. The van der Waals surface area contributed by atoms with E-state index >= 15 is 0 Å². The Hall–Kier alpha value is -4.27. The van der Waals surface area contributed by atoms with Crippen molar-refractivity contribution in [1.82, 2.24) is 4.98 Å². The molecular formula is C46H60CoN3O4. The number of carboxylic acids is 1. The van der Waals surface area contributed by atoms with Gasteiger partial charge in [0.2, 0.25) is 0 Å². The average molecular weight is 778 g/mol. The molecule has 4 rings (SSSR count). The second-order valence-electron chi connectivity index (χ2n) is 15.7. The van der Waals surface area contributed by atoms with Crippen LogP contribution in [0.25, 0.3) is 0 Å². The number of carboxylic acid groups (broad SMARTS) is 1. The van der Waals surface area contributed by atoms with Crippen LogP contribution in [0.1, 0.15) is 188 Å². The molecule has 0 bridgehead atoms. The molecule has 0 aliphatic carbocycles. The molecule has 1 heterocycles. The molecule has 292 valence electrons. The number of pyridine rings is 1. The van der Waals surface area contributed by atoms with E-state index in [-0.39, 0.29) is 34.2 Å². The van der Waals surface area contributed by atoms with Gasteiger partial charge in [-0.15, -0.1) is 0 Å². The number of hydrogen-bond acceptors (Lipinski definition) is 7. The Balaban J connectivity index is 0.000000471. The third-order valence-corrected chi connectivity index (χ3v) is 9.49. The van der Waals surface area contributed by atoms with E-state index in [2.05, 4.69) is 112 Å². The molecule has 4 aromatic rings. The van der Waals surface area contributed by atoms with E-state index < -0.39 is 17.5 Å². The van der Waals surface area contributed by atoms with E-state index in [9.17, 15) is 20.1 Å². The summed E-state index contributed by atoms with van der Waals surface area (Å²) in [7, 11) is 0. The molecular weight excluding hydrogens is 717 g/mol. The first-order chi connectivity index (χ1) is 24.8. The number of carbonyl (C=O) groups is 1. The molecule has 3 aromatic carbocycles. The number of nitrogens with zero attached hydrogens (tertiary/aromatic N) is 3. The van der Waals surface area contributed by atoms with Crippen molar-refractivity contribution in [1.29, 1.82) is 0 Å². The number of rotatable bonds is 11. The second-order valence-corrected chi connectivity index (χ2v) is 15.7. The summed E-state index contributed by atoms with van der Waals surface area (Å²) in [5.74, 6) is -0.913. The van der Waals surface area contributed by atoms with Crippen LogP contribution < -0.4 is 5.11 Å². The second kappa shape index (κ2) is 19.9. The van der Waals surface area contributed by atoms with E-state index in [4.69, 9.17) is 15.0 Å². The number of aromatic hydroxyl groups is 2. The van der Waals surface area contributed by atoms with Crippen LogP contribution in [0.15, 0.2) is 70.6 Å². The standard InChI is InChI=1S/C33H43N3.C13H18O4.Co/c1-20(2)26-14-11-15-27(21(3)4)32(26)34-24(9)30-18-13-19-31(36-30)25(10)35-33-28(22(5)6)16-12-17-29(33)23(7)8;1-6(2)8-5-9(14)12(15)11(13(16)17)10(8)7(3)4;/h11-23H,1-10H3;5-7,14-15H,1-4H3,(H,16,17);/q;;+1/p-1. The fourth-order valence-corrected chi connectivity index (χ4v) is 6.57. The van der Waals surface area contributed by atoms with E-state index in [1.165, 1.54) is 28.3 Å². The number of aliphatic imine (C=N–C) groups is 2. The van der Waals surface area contributed by atoms with Gasteiger partial charge in [0.1, 0.15) is 0 Å². The number of aromatic nitrogens is 1. The van der Waals surface area contributed by atoms with Crippen molar-refractivity contribution in [3.05, 3.63) is 111 Å². The maximum absolute atomic E-state index is 11.1. The van der Waals surface area contributed by atoms with E-state index in [1.54, 1.807) is 0 Å². The van der Waals surface area contributed by atoms with Crippen molar-refractivity contribution in [2.75, 3.05) is 0 Å². The van der Waals surface area contributed by atoms with Crippen LogP contribution in [0.3, 0.4) is 0 Å². The van der Waals surface area contributed by atoms with Crippen LogP contribution in [0.4, 0.5) is 11.4 Å². The molecule has 0 spiro atoms. The Morgan fingerprint density at radius 2 is 0.907 bits per heavy atom. The maximum Gasteiger partial charge on any atom is 1.00 e. The normalized spacial score (nSPS) is 12.1. The first-order valence-corrected chi connectivity index (χ1v) is 18.9. The van der Waals surface area contributed by atoms with Crippen LogP contribution in [0.5, 0.6) is 11.5 Å². The molecule has 8 heteroatoms. The summed E-state index contributed by atoms with van der Waals surface area (Å²) in [6, 6.07) is 20.7. The molecule has 0 aliphatic heterocycles. The third-order valence-electron chi connectivity index (χ3n) is 9.49. The topological polar surface area (TPSA) is 118 Å². The zero-order valence-corrected chi connectivity index (χ0v) is 35.7. The van der Waals surface area contributed by atoms with Crippen molar-refractivity contribution >= 4 is 28.8 Å². The maximum atomic E-state index is 11.1. The van der Waals surface area contributed by atoms with Crippen molar-refractivity contribution in [2.24, 2.45) is 9.98 Å².